The van der Waals surface area contributed by atoms with Crippen molar-refractivity contribution in [3.63, 3.8) is 0 Å². The van der Waals surface area contributed by atoms with Gasteiger partial charge in [0.25, 0.3) is 0 Å². The van der Waals surface area contributed by atoms with Crippen molar-refractivity contribution in [2.24, 2.45) is 0 Å². The van der Waals surface area contributed by atoms with E-state index in [1.54, 1.807) is 0 Å². The lowest BCUT2D eigenvalue weighted by atomic mass is 9.64. The largest absolute Gasteiger partial charge is 0.369 e. The summed E-state index contributed by atoms with van der Waals surface area (Å²) in [5.74, 6) is 2.59. The predicted octanol–water partition coefficient (Wildman–Crippen LogP) is 3.20. The summed E-state index contributed by atoms with van der Waals surface area (Å²) in [5.41, 5.74) is 2.34. The summed E-state index contributed by atoms with van der Waals surface area (Å²) in [6, 6.07) is 15.8. The number of hydrogen-bond acceptors (Lipinski definition) is 1. The number of terminal acetylenes is 1. The summed E-state index contributed by atoms with van der Waals surface area (Å²) < 4.78 is 0. The molecule has 0 amide bonds. The zero-order valence-electron chi connectivity index (χ0n) is 11.1. The lowest BCUT2D eigenvalue weighted by molar-refractivity contribution is 0.136. The van der Waals surface area contributed by atoms with Crippen LogP contribution in [-0.4, -0.2) is 5.11 Å². The SMILES string of the molecule is C#CC1(O)c2ccccc2C(C)(C)c2ccccc21. The Morgan fingerprint density at radius 2 is 1.21 bits per heavy atom. The van der Waals surface area contributed by atoms with E-state index >= 15 is 0 Å². The van der Waals surface area contributed by atoms with Crippen LogP contribution < -0.4 is 0 Å². The highest BCUT2D eigenvalue weighted by molar-refractivity contribution is 5.60. The highest BCUT2D eigenvalue weighted by atomic mass is 16.3. The number of benzene rings is 2. The van der Waals surface area contributed by atoms with Gasteiger partial charge in [0.2, 0.25) is 0 Å². The van der Waals surface area contributed by atoms with Crippen molar-refractivity contribution < 1.29 is 5.11 Å². The molecule has 1 nitrogen and oxygen atoms in total. The van der Waals surface area contributed by atoms with Gasteiger partial charge in [0.1, 0.15) is 0 Å². The van der Waals surface area contributed by atoms with E-state index < -0.39 is 5.60 Å². The minimum absolute atomic E-state index is 0.156. The zero-order valence-corrected chi connectivity index (χ0v) is 11.1. The minimum Gasteiger partial charge on any atom is -0.369 e. The maximum Gasteiger partial charge on any atom is 0.177 e. The van der Waals surface area contributed by atoms with E-state index in [4.69, 9.17) is 6.42 Å². The van der Waals surface area contributed by atoms with Crippen LogP contribution in [0.25, 0.3) is 0 Å². The van der Waals surface area contributed by atoms with Gasteiger partial charge in [0.15, 0.2) is 5.60 Å². The molecular formula is C18H16O. The van der Waals surface area contributed by atoms with E-state index in [1.165, 1.54) is 0 Å². The molecule has 0 saturated carbocycles. The summed E-state index contributed by atoms with van der Waals surface area (Å²) in [6.45, 7) is 4.33. The molecule has 94 valence electrons. The van der Waals surface area contributed by atoms with Crippen LogP contribution in [0.2, 0.25) is 0 Å². The average molecular weight is 248 g/mol. The molecule has 0 heterocycles. The Labute approximate surface area is 113 Å². The lowest BCUT2D eigenvalue weighted by Crippen LogP contribution is -2.39. The quantitative estimate of drug-likeness (QED) is 0.710. The molecule has 0 aromatic heterocycles. The first-order chi connectivity index (χ1) is 9.02. The smallest absolute Gasteiger partial charge is 0.177 e. The molecule has 2 aromatic carbocycles. The van der Waals surface area contributed by atoms with Gasteiger partial charge in [-0.25, -0.2) is 0 Å². The summed E-state index contributed by atoms with van der Waals surface area (Å²) in [5, 5.41) is 11.0. The fraction of sp³-hybridized carbons (Fsp3) is 0.222. The van der Waals surface area contributed by atoms with Crippen LogP contribution in [-0.2, 0) is 11.0 Å². The Morgan fingerprint density at radius 1 is 0.842 bits per heavy atom. The molecule has 19 heavy (non-hydrogen) atoms. The molecule has 1 heteroatoms. The van der Waals surface area contributed by atoms with Crippen molar-refractivity contribution in [1.82, 2.24) is 0 Å². The summed E-state index contributed by atoms with van der Waals surface area (Å²) >= 11 is 0. The topological polar surface area (TPSA) is 20.2 Å². The van der Waals surface area contributed by atoms with Gasteiger partial charge in [-0.15, -0.1) is 6.42 Å². The molecule has 1 N–H and O–H groups in total. The van der Waals surface area contributed by atoms with Gasteiger partial charge >= 0.3 is 0 Å². The Balaban J connectivity index is 2.45. The van der Waals surface area contributed by atoms with Crippen LogP contribution >= 0.6 is 0 Å². The average Bonchev–Trinajstić information content (AvgIpc) is 2.45. The summed E-state index contributed by atoms with van der Waals surface area (Å²) in [7, 11) is 0. The minimum atomic E-state index is -1.33. The van der Waals surface area contributed by atoms with Crippen LogP contribution in [0.5, 0.6) is 0 Å². The van der Waals surface area contributed by atoms with Crippen molar-refractivity contribution in [2.45, 2.75) is 24.9 Å². The van der Waals surface area contributed by atoms with E-state index in [9.17, 15) is 5.11 Å². The molecule has 1 aliphatic rings. The Kier molecular flexibility index (Phi) is 2.36. The van der Waals surface area contributed by atoms with Gasteiger partial charge < -0.3 is 5.11 Å². The third-order valence-corrected chi connectivity index (χ3v) is 4.19. The van der Waals surface area contributed by atoms with Gasteiger partial charge in [-0.3, -0.25) is 0 Å². The maximum atomic E-state index is 11.0. The molecule has 0 unspecified atom stereocenters. The van der Waals surface area contributed by atoms with Gasteiger partial charge in [-0.1, -0.05) is 68.3 Å². The Bertz CT molecular complexity index is 639. The molecule has 0 radical (unpaired) electrons. The molecular weight excluding hydrogens is 232 g/mol. The standard InChI is InChI=1S/C18H16O/c1-4-18(19)15-11-7-5-9-13(15)17(2,3)14-10-6-8-12-16(14)18/h1,5-12,19H,2-3H3. The van der Waals surface area contributed by atoms with Gasteiger partial charge in [0, 0.05) is 16.5 Å². The third kappa shape index (κ3) is 1.41. The second-order valence-electron chi connectivity index (χ2n) is 5.57. The molecule has 1 aliphatic carbocycles. The fourth-order valence-corrected chi connectivity index (χ4v) is 3.13. The van der Waals surface area contributed by atoms with Crippen molar-refractivity contribution in [1.29, 1.82) is 0 Å². The van der Waals surface area contributed by atoms with Gasteiger partial charge in [-0.2, -0.15) is 0 Å². The monoisotopic (exact) mass is 248 g/mol. The highest BCUT2D eigenvalue weighted by Crippen LogP contribution is 2.48. The predicted molar refractivity (Wildman–Crippen MR) is 76.8 cm³/mol. The molecule has 0 fully saturated rings. The van der Waals surface area contributed by atoms with Gasteiger partial charge in [-0.05, 0) is 11.1 Å². The number of rotatable bonds is 0. The molecule has 0 bridgehead atoms. The van der Waals surface area contributed by atoms with Crippen molar-refractivity contribution in [3.8, 4) is 12.3 Å². The third-order valence-electron chi connectivity index (χ3n) is 4.19. The Hall–Kier alpha value is -2.04. The number of hydrogen-bond donors (Lipinski definition) is 1. The number of aliphatic hydroxyl groups is 1. The summed E-state index contributed by atoms with van der Waals surface area (Å²) in [6.07, 6.45) is 5.66. The normalized spacial score (nSPS) is 18.0. The lowest BCUT2D eigenvalue weighted by Gasteiger charge is -2.41. The van der Waals surface area contributed by atoms with Crippen LogP contribution in [0, 0.1) is 12.3 Å². The molecule has 2 aromatic rings. The zero-order chi connectivity index (χ0) is 13.7. The van der Waals surface area contributed by atoms with Crippen molar-refractivity contribution in [2.75, 3.05) is 0 Å². The first-order valence-electron chi connectivity index (χ1n) is 6.42. The van der Waals surface area contributed by atoms with E-state index in [2.05, 4.69) is 19.8 Å². The van der Waals surface area contributed by atoms with E-state index in [1.807, 2.05) is 48.5 Å². The first kappa shape index (κ1) is 12.0. The van der Waals surface area contributed by atoms with E-state index in [0.717, 1.165) is 22.3 Å². The fourth-order valence-electron chi connectivity index (χ4n) is 3.13. The van der Waals surface area contributed by atoms with Crippen molar-refractivity contribution in [3.05, 3.63) is 70.8 Å². The molecule has 3 rings (SSSR count). The maximum absolute atomic E-state index is 11.0. The van der Waals surface area contributed by atoms with Crippen LogP contribution in [0.4, 0.5) is 0 Å². The van der Waals surface area contributed by atoms with Crippen LogP contribution in [0.15, 0.2) is 48.5 Å². The highest BCUT2D eigenvalue weighted by Gasteiger charge is 2.44. The van der Waals surface area contributed by atoms with Crippen molar-refractivity contribution >= 4 is 0 Å². The second kappa shape index (κ2) is 3.73. The number of fused-ring (bicyclic) bond motifs is 2. The van der Waals surface area contributed by atoms with Crippen LogP contribution in [0.1, 0.15) is 36.1 Å². The van der Waals surface area contributed by atoms with E-state index in [0.29, 0.717) is 0 Å². The van der Waals surface area contributed by atoms with E-state index in [-0.39, 0.29) is 5.41 Å². The molecule has 0 spiro atoms. The van der Waals surface area contributed by atoms with Gasteiger partial charge in [0.05, 0.1) is 0 Å². The first-order valence-corrected chi connectivity index (χ1v) is 6.42. The molecule has 0 atom stereocenters. The molecule has 0 aliphatic heterocycles. The summed E-state index contributed by atoms with van der Waals surface area (Å²) in [4.78, 5) is 0. The molecule has 0 saturated heterocycles. The Morgan fingerprint density at radius 3 is 1.58 bits per heavy atom. The van der Waals surface area contributed by atoms with Crippen LogP contribution in [0.3, 0.4) is 0 Å². The second-order valence-corrected chi connectivity index (χ2v) is 5.57.